The van der Waals surface area contributed by atoms with E-state index in [0.717, 1.165) is 13.0 Å². The van der Waals surface area contributed by atoms with Crippen LogP contribution in [0.25, 0.3) is 0 Å². The molecule has 0 spiro atoms. The van der Waals surface area contributed by atoms with Crippen molar-refractivity contribution < 1.29 is 0 Å². The van der Waals surface area contributed by atoms with Crippen LogP contribution in [0, 0.1) is 0 Å². The minimum Gasteiger partial charge on any atom is -0.271 e. The highest BCUT2D eigenvalue weighted by atomic mass is 15.4. The third kappa shape index (κ3) is 1.38. The second-order valence-corrected chi connectivity index (χ2v) is 2.50. The number of nitrogens with zero attached hydrogens (tertiary/aromatic N) is 2. The largest absolute Gasteiger partial charge is 0.271 e. The minimum absolute atomic E-state index is 1.04. The van der Waals surface area contributed by atoms with E-state index in [-0.39, 0.29) is 0 Å². The maximum Gasteiger partial charge on any atom is 0.0411 e. The lowest BCUT2D eigenvalue weighted by atomic mass is 10.1. The van der Waals surface area contributed by atoms with Crippen molar-refractivity contribution in [1.29, 1.82) is 0 Å². The second-order valence-electron chi connectivity index (χ2n) is 2.50. The maximum absolute atomic E-state index is 3.91. The third-order valence-electron chi connectivity index (χ3n) is 1.89. The number of hydrogen-bond acceptors (Lipinski definition) is 2. The van der Waals surface area contributed by atoms with Crippen LogP contribution in [0.5, 0.6) is 0 Å². The SMILES string of the molecule is C=NN1CCCC/C1=C/C. The van der Waals surface area contributed by atoms with E-state index in [9.17, 15) is 0 Å². The van der Waals surface area contributed by atoms with E-state index in [0.29, 0.717) is 0 Å². The van der Waals surface area contributed by atoms with Gasteiger partial charge in [-0.25, -0.2) is 0 Å². The van der Waals surface area contributed by atoms with E-state index in [1.807, 2.05) is 5.01 Å². The molecule has 0 atom stereocenters. The van der Waals surface area contributed by atoms with Crippen molar-refractivity contribution in [2.24, 2.45) is 5.10 Å². The molecule has 56 valence electrons. The molecular formula is C8H14N2. The van der Waals surface area contributed by atoms with Crippen molar-refractivity contribution in [3.05, 3.63) is 11.8 Å². The summed E-state index contributed by atoms with van der Waals surface area (Å²) in [6.07, 6.45) is 5.82. The first kappa shape index (κ1) is 7.32. The normalized spacial score (nSPS) is 23.3. The second kappa shape index (κ2) is 3.40. The molecule has 2 heteroatoms. The van der Waals surface area contributed by atoms with E-state index < -0.39 is 0 Å². The predicted octanol–water partition coefficient (Wildman–Crippen LogP) is 1.99. The standard InChI is InChI=1S/C8H14N2/c1-3-8-6-4-5-7-10(8)9-2/h3H,2,4-7H2,1H3/b8-3-. The zero-order chi connectivity index (χ0) is 7.40. The van der Waals surface area contributed by atoms with Crippen LogP contribution >= 0.6 is 0 Å². The van der Waals surface area contributed by atoms with Gasteiger partial charge in [-0.15, -0.1) is 0 Å². The van der Waals surface area contributed by atoms with Gasteiger partial charge in [0, 0.05) is 19.0 Å². The molecule has 1 rings (SSSR count). The average molecular weight is 138 g/mol. The van der Waals surface area contributed by atoms with E-state index >= 15 is 0 Å². The number of hydrazone groups is 1. The van der Waals surface area contributed by atoms with Gasteiger partial charge in [0.2, 0.25) is 0 Å². The molecule has 1 aliphatic heterocycles. The highest BCUT2D eigenvalue weighted by molar-refractivity contribution is 5.23. The van der Waals surface area contributed by atoms with Crippen LogP contribution < -0.4 is 0 Å². The summed E-state index contributed by atoms with van der Waals surface area (Å²) >= 11 is 0. The Balaban J connectivity index is 2.59. The van der Waals surface area contributed by atoms with Crippen LogP contribution in [-0.4, -0.2) is 18.3 Å². The Labute approximate surface area is 62.2 Å². The van der Waals surface area contributed by atoms with Crippen molar-refractivity contribution >= 4 is 6.72 Å². The molecule has 1 heterocycles. The Bertz CT molecular complexity index is 149. The molecule has 1 aliphatic rings. The summed E-state index contributed by atoms with van der Waals surface area (Å²) in [6, 6.07) is 0. The monoisotopic (exact) mass is 138 g/mol. The fraction of sp³-hybridized carbons (Fsp3) is 0.625. The first-order valence-electron chi connectivity index (χ1n) is 3.78. The molecule has 2 nitrogen and oxygen atoms in total. The van der Waals surface area contributed by atoms with E-state index in [1.54, 1.807) is 0 Å². The average Bonchev–Trinajstić information content (AvgIpc) is 2.04. The summed E-state index contributed by atoms with van der Waals surface area (Å²) in [7, 11) is 0. The lowest BCUT2D eigenvalue weighted by Gasteiger charge is -2.26. The Kier molecular flexibility index (Phi) is 2.49. The van der Waals surface area contributed by atoms with Crippen molar-refractivity contribution in [3.63, 3.8) is 0 Å². The van der Waals surface area contributed by atoms with Gasteiger partial charge in [-0.1, -0.05) is 6.08 Å². The lowest BCUT2D eigenvalue weighted by molar-refractivity contribution is 0.306. The van der Waals surface area contributed by atoms with Crippen LogP contribution in [0.4, 0.5) is 0 Å². The van der Waals surface area contributed by atoms with Gasteiger partial charge >= 0.3 is 0 Å². The maximum atomic E-state index is 3.91. The van der Waals surface area contributed by atoms with Gasteiger partial charge < -0.3 is 0 Å². The fourth-order valence-corrected chi connectivity index (χ4v) is 1.30. The minimum atomic E-state index is 1.04. The molecule has 0 aliphatic carbocycles. The molecule has 1 saturated heterocycles. The van der Waals surface area contributed by atoms with Gasteiger partial charge in [-0.05, 0) is 26.2 Å². The zero-order valence-corrected chi connectivity index (χ0v) is 6.51. The van der Waals surface area contributed by atoms with Crippen molar-refractivity contribution in [2.75, 3.05) is 6.54 Å². The van der Waals surface area contributed by atoms with E-state index in [1.165, 1.54) is 18.5 Å². The number of rotatable bonds is 1. The molecule has 0 aromatic heterocycles. The summed E-state index contributed by atoms with van der Waals surface area (Å²) in [6.45, 7) is 6.62. The predicted molar refractivity (Wildman–Crippen MR) is 43.9 cm³/mol. The van der Waals surface area contributed by atoms with Gasteiger partial charge in [0.15, 0.2) is 0 Å². The molecule has 0 aromatic carbocycles. The lowest BCUT2D eigenvalue weighted by Crippen LogP contribution is -2.21. The van der Waals surface area contributed by atoms with Gasteiger partial charge in [0.1, 0.15) is 0 Å². The van der Waals surface area contributed by atoms with Gasteiger partial charge in [-0.3, -0.25) is 5.01 Å². The Morgan fingerprint density at radius 1 is 1.60 bits per heavy atom. The highest BCUT2D eigenvalue weighted by Gasteiger charge is 2.11. The summed E-state index contributed by atoms with van der Waals surface area (Å²) < 4.78 is 0. The van der Waals surface area contributed by atoms with Crippen LogP contribution in [0.15, 0.2) is 16.9 Å². The molecule has 0 N–H and O–H groups in total. The Morgan fingerprint density at radius 3 is 2.90 bits per heavy atom. The smallest absolute Gasteiger partial charge is 0.0411 e. The van der Waals surface area contributed by atoms with Crippen LogP contribution in [-0.2, 0) is 0 Å². The topological polar surface area (TPSA) is 15.6 Å². The number of allylic oxidation sites excluding steroid dienone is 2. The zero-order valence-electron chi connectivity index (χ0n) is 6.51. The highest BCUT2D eigenvalue weighted by Crippen LogP contribution is 2.19. The first-order valence-corrected chi connectivity index (χ1v) is 3.78. The van der Waals surface area contributed by atoms with Crippen LogP contribution in [0.2, 0.25) is 0 Å². The first-order chi connectivity index (χ1) is 4.88. The van der Waals surface area contributed by atoms with E-state index in [2.05, 4.69) is 24.8 Å². The van der Waals surface area contributed by atoms with Gasteiger partial charge in [-0.2, -0.15) is 5.10 Å². The van der Waals surface area contributed by atoms with Crippen molar-refractivity contribution in [2.45, 2.75) is 26.2 Å². The van der Waals surface area contributed by atoms with Crippen LogP contribution in [0.1, 0.15) is 26.2 Å². The molecule has 0 bridgehead atoms. The van der Waals surface area contributed by atoms with Gasteiger partial charge in [0.05, 0.1) is 0 Å². The number of piperidine rings is 1. The summed E-state index contributed by atoms with van der Waals surface area (Å²) in [5, 5.41) is 5.90. The molecule has 0 radical (unpaired) electrons. The molecule has 1 fully saturated rings. The molecule has 0 saturated carbocycles. The summed E-state index contributed by atoms with van der Waals surface area (Å²) in [5.41, 5.74) is 1.32. The quantitative estimate of drug-likeness (QED) is 0.506. The summed E-state index contributed by atoms with van der Waals surface area (Å²) in [4.78, 5) is 0. The molecule has 0 aromatic rings. The molecular weight excluding hydrogens is 124 g/mol. The van der Waals surface area contributed by atoms with E-state index in [4.69, 9.17) is 0 Å². The Hall–Kier alpha value is -0.790. The molecule has 10 heavy (non-hydrogen) atoms. The molecule has 0 amide bonds. The molecule has 0 unspecified atom stereocenters. The van der Waals surface area contributed by atoms with Crippen LogP contribution in [0.3, 0.4) is 0 Å². The van der Waals surface area contributed by atoms with Crippen molar-refractivity contribution in [1.82, 2.24) is 5.01 Å². The van der Waals surface area contributed by atoms with Gasteiger partial charge in [0.25, 0.3) is 0 Å². The summed E-state index contributed by atoms with van der Waals surface area (Å²) in [5.74, 6) is 0. The Morgan fingerprint density at radius 2 is 2.40 bits per heavy atom. The third-order valence-corrected chi connectivity index (χ3v) is 1.89. The van der Waals surface area contributed by atoms with Crippen molar-refractivity contribution in [3.8, 4) is 0 Å². The number of hydrogen-bond donors (Lipinski definition) is 0. The fourth-order valence-electron chi connectivity index (χ4n) is 1.30.